The molecule has 0 fully saturated rings. The number of nitrogen functional groups attached to an aromatic ring is 2. The first-order valence-electron chi connectivity index (χ1n) is 5.06. The zero-order valence-corrected chi connectivity index (χ0v) is 12.6. The van der Waals surface area contributed by atoms with Gasteiger partial charge in [0.25, 0.3) is 0 Å². The van der Waals surface area contributed by atoms with Crippen molar-refractivity contribution in [3.63, 3.8) is 0 Å². The van der Waals surface area contributed by atoms with Crippen molar-refractivity contribution in [2.45, 2.75) is 6.42 Å². The molecule has 1 aromatic heterocycles. The lowest BCUT2D eigenvalue weighted by Gasteiger charge is -2.05. The molecule has 0 aliphatic rings. The van der Waals surface area contributed by atoms with Crippen LogP contribution < -0.4 is 33.4 Å². The Hall–Kier alpha value is -1.14. The Morgan fingerprint density at radius 2 is 1.72 bits per heavy atom. The fourth-order valence-corrected chi connectivity index (χ4v) is 1.94. The van der Waals surface area contributed by atoms with Gasteiger partial charge in [0.05, 0.1) is 4.47 Å². The molecular formula is C12H12Br2FN3. The van der Waals surface area contributed by atoms with Gasteiger partial charge in [-0.1, -0.05) is 12.1 Å². The van der Waals surface area contributed by atoms with E-state index in [1.165, 1.54) is 12.1 Å². The Labute approximate surface area is 123 Å². The summed E-state index contributed by atoms with van der Waals surface area (Å²) >= 11 is 3.33. The van der Waals surface area contributed by atoms with Crippen LogP contribution >= 0.6 is 15.9 Å². The molecule has 0 saturated heterocycles. The molecule has 0 radical (unpaired) electrons. The topological polar surface area (TPSA) is 66.2 Å². The van der Waals surface area contributed by atoms with Gasteiger partial charge in [0.1, 0.15) is 5.82 Å². The smallest absolute Gasteiger partial charge is 0.231 e. The predicted molar refractivity (Wildman–Crippen MR) is 68.7 cm³/mol. The molecule has 0 aliphatic carbocycles. The SMILES string of the molecule is Nc1[nH+]c(N)c(Cc2ccc(F)cc2)cc1Br.[Br-]. The third kappa shape index (κ3) is 3.43. The van der Waals surface area contributed by atoms with Gasteiger partial charge in [-0.15, -0.1) is 0 Å². The lowest BCUT2D eigenvalue weighted by molar-refractivity contribution is -0.343. The number of pyridine rings is 1. The molecule has 0 aliphatic heterocycles. The number of aromatic nitrogens is 1. The van der Waals surface area contributed by atoms with Crippen LogP contribution in [0.2, 0.25) is 0 Å². The van der Waals surface area contributed by atoms with E-state index in [0.717, 1.165) is 15.6 Å². The summed E-state index contributed by atoms with van der Waals surface area (Å²) in [6.45, 7) is 0. The minimum Gasteiger partial charge on any atom is -1.00 e. The van der Waals surface area contributed by atoms with Gasteiger partial charge in [0, 0.05) is 12.0 Å². The highest BCUT2D eigenvalue weighted by Crippen LogP contribution is 2.21. The summed E-state index contributed by atoms with van der Waals surface area (Å²) in [5.41, 5.74) is 13.4. The molecule has 0 spiro atoms. The minimum atomic E-state index is -0.244. The number of hydrogen-bond donors (Lipinski definition) is 2. The summed E-state index contributed by atoms with van der Waals surface area (Å²) in [5.74, 6) is 0.771. The number of benzene rings is 1. The van der Waals surface area contributed by atoms with Gasteiger partial charge in [0.15, 0.2) is 0 Å². The zero-order chi connectivity index (χ0) is 12.4. The fourth-order valence-electron chi connectivity index (χ4n) is 1.56. The second-order valence-electron chi connectivity index (χ2n) is 3.77. The minimum absolute atomic E-state index is 0. The first kappa shape index (κ1) is 14.9. The maximum atomic E-state index is 12.8. The monoisotopic (exact) mass is 375 g/mol. The highest BCUT2D eigenvalue weighted by atomic mass is 79.9. The molecule has 1 aromatic carbocycles. The van der Waals surface area contributed by atoms with Crippen LogP contribution in [0.3, 0.4) is 0 Å². The van der Waals surface area contributed by atoms with E-state index < -0.39 is 0 Å². The van der Waals surface area contributed by atoms with Crippen molar-refractivity contribution in [1.29, 1.82) is 0 Å². The molecule has 0 atom stereocenters. The van der Waals surface area contributed by atoms with Crippen molar-refractivity contribution in [2.24, 2.45) is 0 Å². The Morgan fingerprint density at radius 1 is 1.11 bits per heavy atom. The number of nitrogens with two attached hydrogens (primary N) is 2. The standard InChI is InChI=1S/C12H11BrFN3.BrH/c13-10-6-8(11(15)17-12(10)16)5-7-1-3-9(14)4-2-7;/h1-4,6H,5H2,(H4,15,16,17);1H. The molecule has 0 bridgehead atoms. The predicted octanol–water partition coefficient (Wildman–Crippen LogP) is -0.839. The van der Waals surface area contributed by atoms with Gasteiger partial charge in [-0.3, -0.25) is 0 Å². The number of aromatic amines is 1. The summed E-state index contributed by atoms with van der Waals surface area (Å²) in [4.78, 5) is 2.87. The lowest BCUT2D eigenvalue weighted by Crippen LogP contribution is -3.00. The van der Waals surface area contributed by atoms with Crippen molar-refractivity contribution in [3.8, 4) is 0 Å². The van der Waals surface area contributed by atoms with Crippen molar-refractivity contribution in [3.05, 3.63) is 51.7 Å². The summed E-state index contributed by atoms with van der Waals surface area (Å²) in [6.07, 6.45) is 0.626. The van der Waals surface area contributed by atoms with E-state index in [4.69, 9.17) is 11.5 Å². The highest BCUT2D eigenvalue weighted by molar-refractivity contribution is 9.10. The first-order chi connectivity index (χ1) is 8.06. The van der Waals surface area contributed by atoms with Crippen molar-refractivity contribution >= 4 is 27.6 Å². The number of nitrogens with one attached hydrogen (secondary N) is 1. The molecule has 0 amide bonds. The Balaban J connectivity index is 0.00000162. The Bertz CT molecular complexity index is 544. The zero-order valence-electron chi connectivity index (χ0n) is 9.38. The van der Waals surface area contributed by atoms with E-state index >= 15 is 0 Å². The van der Waals surface area contributed by atoms with E-state index in [-0.39, 0.29) is 22.8 Å². The third-order valence-electron chi connectivity index (χ3n) is 2.48. The van der Waals surface area contributed by atoms with Crippen LogP contribution in [0.4, 0.5) is 16.0 Å². The van der Waals surface area contributed by atoms with E-state index in [0.29, 0.717) is 18.1 Å². The number of hydrogen-bond acceptors (Lipinski definition) is 2. The molecule has 5 N–H and O–H groups in total. The average molecular weight is 377 g/mol. The van der Waals surface area contributed by atoms with E-state index in [1.54, 1.807) is 12.1 Å². The molecule has 96 valence electrons. The van der Waals surface area contributed by atoms with Crippen LogP contribution in [-0.2, 0) is 6.42 Å². The largest absolute Gasteiger partial charge is 1.00 e. The second kappa shape index (κ2) is 6.15. The van der Waals surface area contributed by atoms with Gasteiger partial charge < -0.3 is 28.4 Å². The van der Waals surface area contributed by atoms with Crippen LogP contribution in [0, 0.1) is 5.82 Å². The molecule has 1 heterocycles. The summed E-state index contributed by atoms with van der Waals surface area (Å²) < 4.78 is 13.5. The maximum absolute atomic E-state index is 12.8. The van der Waals surface area contributed by atoms with Gasteiger partial charge in [-0.2, -0.15) is 0 Å². The number of anilines is 2. The molecule has 0 unspecified atom stereocenters. The normalized spacial score (nSPS) is 9.89. The van der Waals surface area contributed by atoms with Crippen LogP contribution in [-0.4, -0.2) is 0 Å². The first-order valence-corrected chi connectivity index (χ1v) is 5.85. The average Bonchev–Trinajstić information content (AvgIpc) is 2.29. The quantitative estimate of drug-likeness (QED) is 0.717. The number of halogens is 3. The molecule has 6 heteroatoms. The fraction of sp³-hybridized carbons (Fsp3) is 0.0833. The summed E-state index contributed by atoms with van der Waals surface area (Å²) in [7, 11) is 0. The van der Waals surface area contributed by atoms with E-state index in [9.17, 15) is 4.39 Å². The molecule has 3 nitrogen and oxygen atoms in total. The Kier molecular flexibility index (Phi) is 5.10. The third-order valence-corrected chi connectivity index (χ3v) is 3.14. The number of H-pyrrole nitrogens is 1. The van der Waals surface area contributed by atoms with Gasteiger partial charge in [0.2, 0.25) is 11.6 Å². The number of rotatable bonds is 2. The van der Waals surface area contributed by atoms with Crippen molar-refractivity contribution in [2.75, 3.05) is 11.5 Å². The highest BCUT2D eigenvalue weighted by Gasteiger charge is 2.10. The summed E-state index contributed by atoms with van der Waals surface area (Å²) in [6, 6.07) is 8.20. The van der Waals surface area contributed by atoms with Gasteiger partial charge in [-0.25, -0.2) is 9.37 Å². The van der Waals surface area contributed by atoms with Crippen LogP contribution in [0.25, 0.3) is 0 Å². The van der Waals surface area contributed by atoms with Crippen molar-refractivity contribution < 1.29 is 26.4 Å². The van der Waals surface area contributed by atoms with Crippen LogP contribution in [0.5, 0.6) is 0 Å². The second-order valence-corrected chi connectivity index (χ2v) is 4.63. The van der Waals surface area contributed by atoms with Crippen molar-refractivity contribution in [1.82, 2.24) is 0 Å². The lowest BCUT2D eigenvalue weighted by atomic mass is 10.1. The molecular weight excluding hydrogens is 365 g/mol. The van der Waals surface area contributed by atoms with Gasteiger partial charge in [-0.05, 0) is 39.7 Å². The van der Waals surface area contributed by atoms with E-state index in [2.05, 4.69) is 20.9 Å². The molecule has 2 rings (SSSR count). The van der Waals surface area contributed by atoms with Gasteiger partial charge >= 0.3 is 0 Å². The molecule has 0 saturated carbocycles. The van der Waals surface area contributed by atoms with E-state index in [1.807, 2.05) is 6.07 Å². The molecule has 2 aromatic rings. The van der Waals surface area contributed by atoms with Crippen LogP contribution in [0.1, 0.15) is 11.1 Å². The Morgan fingerprint density at radius 3 is 2.33 bits per heavy atom. The summed E-state index contributed by atoms with van der Waals surface area (Å²) in [5, 5.41) is 0. The maximum Gasteiger partial charge on any atom is 0.231 e. The van der Waals surface area contributed by atoms with Crippen LogP contribution in [0.15, 0.2) is 34.8 Å². The molecule has 18 heavy (non-hydrogen) atoms.